The van der Waals surface area contributed by atoms with Crippen molar-refractivity contribution in [3.8, 4) is 22.7 Å². The van der Waals surface area contributed by atoms with Crippen molar-refractivity contribution in [2.45, 2.75) is 0 Å². The molecular weight excluding hydrogens is 370 g/mol. The normalized spacial score (nSPS) is 11.0. The van der Waals surface area contributed by atoms with E-state index in [1.807, 2.05) is 54.6 Å². The first-order chi connectivity index (χ1) is 11.6. The summed E-state index contributed by atoms with van der Waals surface area (Å²) in [7, 11) is 0. The van der Waals surface area contributed by atoms with E-state index in [1.54, 1.807) is 4.68 Å². The molecule has 0 atom stereocenters. The molecular formula is C18H12BrN3O2. The van der Waals surface area contributed by atoms with Crippen molar-refractivity contribution in [3.63, 3.8) is 0 Å². The van der Waals surface area contributed by atoms with E-state index in [-0.39, 0.29) is 11.3 Å². The molecule has 24 heavy (non-hydrogen) atoms. The molecule has 5 nitrogen and oxygen atoms in total. The number of nitrogens with zero attached hydrogens (tertiary/aromatic N) is 2. The Balaban J connectivity index is 2.08. The first-order valence-electron chi connectivity index (χ1n) is 7.30. The van der Waals surface area contributed by atoms with Gasteiger partial charge in [-0.15, -0.1) is 0 Å². The molecule has 0 saturated carbocycles. The molecule has 0 spiro atoms. The maximum atomic E-state index is 11.8. The number of fused-ring (bicyclic) bond motifs is 1. The van der Waals surface area contributed by atoms with Crippen molar-refractivity contribution >= 4 is 27.0 Å². The van der Waals surface area contributed by atoms with E-state index in [4.69, 9.17) is 0 Å². The van der Waals surface area contributed by atoms with E-state index in [2.05, 4.69) is 26.0 Å². The summed E-state index contributed by atoms with van der Waals surface area (Å²) in [5, 5.41) is 15.5. The average Bonchev–Trinajstić information content (AvgIpc) is 2.96. The zero-order chi connectivity index (χ0) is 16.7. The number of aromatic nitrogens is 3. The molecule has 0 bridgehead atoms. The highest BCUT2D eigenvalue weighted by molar-refractivity contribution is 9.10. The standard InChI is InChI=1S/C18H12BrN3O2/c19-12-8-6-11(7-9-12)17-16-14(23)10-15(24)20-18(16)22(21-17)13-4-2-1-3-5-13/h1-10H,(H2,20,23,24). The lowest BCUT2D eigenvalue weighted by atomic mass is 10.1. The molecule has 0 aliphatic carbocycles. The minimum Gasteiger partial charge on any atom is -0.507 e. The number of hydrogen-bond donors (Lipinski definition) is 2. The molecule has 2 heterocycles. The van der Waals surface area contributed by atoms with Gasteiger partial charge in [-0.25, -0.2) is 4.68 Å². The lowest BCUT2D eigenvalue weighted by molar-refractivity contribution is 0.480. The predicted molar refractivity (Wildman–Crippen MR) is 96.5 cm³/mol. The number of aromatic amines is 1. The highest BCUT2D eigenvalue weighted by Gasteiger charge is 2.18. The number of H-pyrrole nitrogens is 1. The highest BCUT2D eigenvalue weighted by atomic mass is 79.9. The van der Waals surface area contributed by atoms with Gasteiger partial charge < -0.3 is 10.1 Å². The molecule has 118 valence electrons. The molecule has 2 aromatic heterocycles. The van der Waals surface area contributed by atoms with Crippen LogP contribution in [-0.4, -0.2) is 19.9 Å². The van der Waals surface area contributed by atoms with Crippen LogP contribution in [-0.2, 0) is 0 Å². The average molecular weight is 382 g/mol. The van der Waals surface area contributed by atoms with Crippen molar-refractivity contribution < 1.29 is 5.11 Å². The van der Waals surface area contributed by atoms with Crippen LogP contribution in [0.15, 0.2) is 69.9 Å². The number of aromatic hydroxyl groups is 1. The fraction of sp³-hybridized carbons (Fsp3) is 0. The summed E-state index contributed by atoms with van der Waals surface area (Å²) < 4.78 is 2.59. The predicted octanol–water partition coefficient (Wildman–Crippen LogP) is 3.85. The van der Waals surface area contributed by atoms with Gasteiger partial charge in [-0.05, 0) is 24.3 Å². The van der Waals surface area contributed by atoms with Gasteiger partial charge in [-0.3, -0.25) is 4.79 Å². The number of para-hydroxylation sites is 1. The summed E-state index contributed by atoms with van der Waals surface area (Å²) in [5.74, 6) is -0.0890. The first kappa shape index (κ1) is 14.7. The smallest absolute Gasteiger partial charge is 0.253 e. The number of nitrogens with one attached hydrogen (secondary N) is 1. The topological polar surface area (TPSA) is 70.9 Å². The first-order valence-corrected chi connectivity index (χ1v) is 8.09. The molecule has 2 N–H and O–H groups in total. The van der Waals surface area contributed by atoms with Gasteiger partial charge in [0.1, 0.15) is 17.1 Å². The summed E-state index contributed by atoms with van der Waals surface area (Å²) in [6, 6.07) is 18.3. The number of halogens is 1. The fourth-order valence-corrected chi connectivity index (χ4v) is 2.96. The van der Waals surface area contributed by atoms with Gasteiger partial charge in [0, 0.05) is 16.1 Å². The van der Waals surface area contributed by atoms with E-state index in [0.717, 1.165) is 15.7 Å². The van der Waals surface area contributed by atoms with Crippen LogP contribution < -0.4 is 5.56 Å². The third-order valence-electron chi connectivity index (χ3n) is 3.77. The Morgan fingerprint density at radius 1 is 1.04 bits per heavy atom. The van der Waals surface area contributed by atoms with E-state index >= 15 is 0 Å². The molecule has 2 aromatic carbocycles. The molecule has 6 heteroatoms. The van der Waals surface area contributed by atoms with Crippen LogP contribution in [0.4, 0.5) is 0 Å². The van der Waals surface area contributed by atoms with Gasteiger partial charge >= 0.3 is 0 Å². The van der Waals surface area contributed by atoms with Crippen LogP contribution in [0.25, 0.3) is 28.0 Å². The van der Waals surface area contributed by atoms with E-state index < -0.39 is 0 Å². The van der Waals surface area contributed by atoms with Crippen molar-refractivity contribution in [2.75, 3.05) is 0 Å². The van der Waals surface area contributed by atoms with Gasteiger partial charge in [-0.1, -0.05) is 46.3 Å². The summed E-state index contributed by atoms with van der Waals surface area (Å²) in [5.41, 5.74) is 2.34. The maximum absolute atomic E-state index is 11.8. The Hall–Kier alpha value is -2.86. The molecule has 4 aromatic rings. The van der Waals surface area contributed by atoms with Gasteiger partial charge in [0.15, 0.2) is 0 Å². The molecule has 0 aliphatic rings. The summed E-state index contributed by atoms with van der Waals surface area (Å²) >= 11 is 3.41. The monoisotopic (exact) mass is 381 g/mol. The summed E-state index contributed by atoms with van der Waals surface area (Å²) in [4.78, 5) is 14.6. The van der Waals surface area contributed by atoms with Crippen LogP contribution in [0, 0.1) is 0 Å². The quantitative estimate of drug-likeness (QED) is 0.553. The summed E-state index contributed by atoms with van der Waals surface area (Å²) in [6.45, 7) is 0. The molecule has 0 unspecified atom stereocenters. The van der Waals surface area contributed by atoms with Crippen LogP contribution in [0.2, 0.25) is 0 Å². The number of rotatable bonds is 2. The molecule has 4 rings (SSSR count). The summed E-state index contributed by atoms with van der Waals surface area (Å²) in [6.07, 6.45) is 0. The Labute approximate surface area is 145 Å². The fourth-order valence-electron chi connectivity index (χ4n) is 2.69. The van der Waals surface area contributed by atoms with E-state index in [0.29, 0.717) is 16.7 Å². The van der Waals surface area contributed by atoms with Crippen molar-refractivity contribution in [3.05, 3.63) is 75.5 Å². The van der Waals surface area contributed by atoms with Gasteiger partial charge in [0.05, 0.1) is 11.1 Å². The largest absolute Gasteiger partial charge is 0.507 e. The Bertz CT molecular complexity index is 1080. The van der Waals surface area contributed by atoms with Crippen molar-refractivity contribution in [2.24, 2.45) is 0 Å². The Morgan fingerprint density at radius 3 is 2.46 bits per heavy atom. The van der Waals surface area contributed by atoms with E-state index in [1.165, 1.54) is 6.07 Å². The van der Waals surface area contributed by atoms with Crippen LogP contribution >= 0.6 is 15.9 Å². The van der Waals surface area contributed by atoms with Crippen LogP contribution in [0.3, 0.4) is 0 Å². The van der Waals surface area contributed by atoms with Crippen molar-refractivity contribution in [1.29, 1.82) is 0 Å². The van der Waals surface area contributed by atoms with E-state index in [9.17, 15) is 9.90 Å². The Morgan fingerprint density at radius 2 is 1.75 bits per heavy atom. The number of benzene rings is 2. The van der Waals surface area contributed by atoms with Gasteiger partial charge in [-0.2, -0.15) is 5.10 Å². The number of pyridine rings is 1. The van der Waals surface area contributed by atoms with Crippen LogP contribution in [0.1, 0.15) is 0 Å². The third kappa shape index (κ3) is 2.41. The minimum atomic E-state index is -0.376. The number of hydrogen-bond acceptors (Lipinski definition) is 3. The second-order valence-electron chi connectivity index (χ2n) is 5.35. The molecule has 0 amide bonds. The zero-order valence-corrected chi connectivity index (χ0v) is 14.0. The Kier molecular flexibility index (Phi) is 3.46. The molecule has 0 aliphatic heterocycles. The lowest BCUT2D eigenvalue weighted by Gasteiger charge is -2.02. The SMILES string of the molecule is O=c1cc(O)c2c(-c3ccc(Br)cc3)nn(-c3ccccc3)c2[nH]1. The van der Waals surface area contributed by atoms with Crippen molar-refractivity contribution in [1.82, 2.24) is 14.8 Å². The third-order valence-corrected chi connectivity index (χ3v) is 4.30. The molecule has 0 radical (unpaired) electrons. The van der Waals surface area contributed by atoms with Gasteiger partial charge in [0.2, 0.25) is 0 Å². The zero-order valence-electron chi connectivity index (χ0n) is 12.4. The highest BCUT2D eigenvalue weighted by Crippen LogP contribution is 2.34. The lowest BCUT2D eigenvalue weighted by Crippen LogP contribution is -2.06. The second-order valence-corrected chi connectivity index (χ2v) is 6.26. The minimum absolute atomic E-state index is 0.0890. The molecule has 0 saturated heterocycles. The molecule has 0 fully saturated rings. The second kappa shape index (κ2) is 5.65. The van der Waals surface area contributed by atoms with Gasteiger partial charge in [0.25, 0.3) is 5.56 Å². The maximum Gasteiger partial charge on any atom is 0.253 e. The van der Waals surface area contributed by atoms with Crippen LogP contribution in [0.5, 0.6) is 5.75 Å².